The maximum absolute atomic E-state index is 13.7. The number of imidazole rings is 1. The van der Waals surface area contributed by atoms with Gasteiger partial charge < -0.3 is 8.97 Å². The molecule has 5 heteroatoms. The second-order valence-electron chi connectivity index (χ2n) is 7.14. The van der Waals surface area contributed by atoms with Crippen LogP contribution < -0.4 is 0 Å². The van der Waals surface area contributed by atoms with Crippen LogP contribution >= 0.6 is 0 Å². The number of pyridine rings is 1. The lowest BCUT2D eigenvalue weighted by molar-refractivity contribution is 0.112. The van der Waals surface area contributed by atoms with Crippen molar-refractivity contribution in [2.75, 3.05) is 0 Å². The molecule has 4 aromatic rings. The maximum atomic E-state index is 13.7. The highest BCUT2D eigenvalue weighted by atomic mass is 19.1. The van der Waals surface area contributed by atoms with Gasteiger partial charge in [-0.3, -0.25) is 4.79 Å². The summed E-state index contributed by atoms with van der Waals surface area (Å²) in [6.07, 6.45) is 5.19. The standard InChI is InChI=1S/C21H18FN3O/c1-13-21(23-20-8-15(12-26)6-7-24(13)20)19-10-16-9-17(22)4-5-18(16)25(19)11-14-2-3-14/h4-10,12,14H,2-3,11H2,1H3. The van der Waals surface area contributed by atoms with E-state index in [1.165, 1.54) is 18.9 Å². The van der Waals surface area contributed by atoms with Crippen LogP contribution in [0.15, 0.2) is 42.6 Å². The molecule has 3 heterocycles. The Morgan fingerprint density at radius 3 is 2.85 bits per heavy atom. The highest BCUT2D eigenvalue weighted by Gasteiger charge is 2.25. The third-order valence-corrected chi connectivity index (χ3v) is 5.27. The molecular weight excluding hydrogens is 329 g/mol. The topological polar surface area (TPSA) is 39.3 Å². The number of rotatable bonds is 4. The van der Waals surface area contributed by atoms with Crippen LogP contribution in [0.2, 0.25) is 0 Å². The van der Waals surface area contributed by atoms with Crippen LogP contribution in [-0.4, -0.2) is 20.2 Å². The van der Waals surface area contributed by atoms with Gasteiger partial charge in [0.1, 0.15) is 23.4 Å². The fourth-order valence-corrected chi connectivity index (χ4v) is 3.69. The van der Waals surface area contributed by atoms with Crippen molar-refractivity contribution >= 4 is 22.8 Å². The second-order valence-corrected chi connectivity index (χ2v) is 7.14. The maximum Gasteiger partial charge on any atom is 0.150 e. The lowest BCUT2D eigenvalue weighted by atomic mass is 10.2. The van der Waals surface area contributed by atoms with Crippen LogP contribution in [0.25, 0.3) is 27.9 Å². The first-order valence-electron chi connectivity index (χ1n) is 8.87. The van der Waals surface area contributed by atoms with E-state index in [4.69, 9.17) is 4.98 Å². The van der Waals surface area contributed by atoms with Gasteiger partial charge in [-0.25, -0.2) is 9.37 Å². The molecule has 1 saturated carbocycles. The molecule has 1 aliphatic rings. The first kappa shape index (κ1) is 15.3. The largest absolute Gasteiger partial charge is 0.339 e. The van der Waals surface area contributed by atoms with E-state index in [0.29, 0.717) is 11.5 Å². The summed E-state index contributed by atoms with van der Waals surface area (Å²) in [5, 5.41) is 0.894. The number of aryl methyl sites for hydroxylation is 1. The van der Waals surface area contributed by atoms with Crippen LogP contribution in [0.4, 0.5) is 4.39 Å². The fraction of sp³-hybridized carbons (Fsp3) is 0.238. The molecule has 0 radical (unpaired) electrons. The molecule has 0 saturated heterocycles. The van der Waals surface area contributed by atoms with E-state index >= 15 is 0 Å². The van der Waals surface area contributed by atoms with Gasteiger partial charge in [-0.2, -0.15) is 0 Å². The summed E-state index contributed by atoms with van der Waals surface area (Å²) >= 11 is 0. The highest BCUT2D eigenvalue weighted by molar-refractivity contribution is 5.87. The van der Waals surface area contributed by atoms with Crippen molar-refractivity contribution < 1.29 is 9.18 Å². The molecule has 0 unspecified atom stereocenters. The molecule has 3 aromatic heterocycles. The number of fused-ring (bicyclic) bond motifs is 2. The lowest BCUT2D eigenvalue weighted by Crippen LogP contribution is -2.02. The summed E-state index contributed by atoms with van der Waals surface area (Å²) in [6, 6.07) is 10.5. The average Bonchev–Trinajstić information content (AvgIpc) is 3.32. The molecule has 1 aromatic carbocycles. The highest BCUT2D eigenvalue weighted by Crippen LogP contribution is 2.36. The molecule has 0 atom stereocenters. The minimum Gasteiger partial charge on any atom is -0.339 e. The van der Waals surface area contributed by atoms with Crippen molar-refractivity contribution in [2.45, 2.75) is 26.3 Å². The zero-order chi connectivity index (χ0) is 17.8. The Bertz CT molecular complexity index is 1170. The van der Waals surface area contributed by atoms with E-state index < -0.39 is 0 Å². The van der Waals surface area contributed by atoms with Crippen molar-refractivity contribution in [1.82, 2.24) is 14.0 Å². The van der Waals surface area contributed by atoms with Gasteiger partial charge in [-0.05, 0) is 62.1 Å². The van der Waals surface area contributed by atoms with E-state index in [2.05, 4.69) is 4.57 Å². The summed E-state index contributed by atoms with van der Waals surface area (Å²) in [4.78, 5) is 15.9. The summed E-state index contributed by atoms with van der Waals surface area (Å²) < 4.78 is 18.0. The van der Waals surface area contributed by atoms with Crippen LogP contribution in [-0.2, 0) is 6.54 Å². The summed E-state index contributed by atoms with van der Waals surface area (Å²) in [7, 11) is 0. The van der Waals surface area contributed by atoms with Gasteiger partial charge in [0.25, 0.3) is 0 Å². The molecule has 1 aliphatic carbocycles. The summed E-state index contributed by atoms with van der Waals surface area (Å²) in [5.41, 5.74) is 5.29. The number of carbonyl (C=O) groups excluding carboxylic acids is 1. The van der Waals surface area contributed by atoms with Gasteiger partial charge in [0.2, 0.25) is 0 Å². The number of aldehydes is 1. The Balaban J connectivity index is 1.76. The predicted molar refractivity (Wildman–Crippen MR) is 98.9 cm³/mol. The van der Waals surface area contributed by atoms with Crippen molar-refractivity contribution in [2.24, 2.45) is 5.92 Å². The molecule has 0 spiro atoms. The third-order valence-electron chi connectivity index (χ3n) is 5.27. The normalized spacial score (nSPS) is 14.4. The number of hydrogen-bond acceptors (Lipinski definition) is 2. The minimum absolute atomic E-state index is 0.227. The van der Waals surface area contributed by atoms with E-state index in [9.17, 15) is 9.18 Å². The molecule has 0 bridgehead atoms. The molecule has 0 N–H and O–H groups in total. The number of hydrogen-bond donors (Lipinski definition) is 0. The number of benzene rings is 1. The Hall–Kier alpha value is -2.95. The monoisotopic (exact) mass is 347 g/mol. The fourth-order valence-electron chi connectivity index (χ4n) is 3.69. The van der Waals surface area contributed by atoms with Crippen LogP contribution in [0, 0.1) is 18.7 Å². The van der Waals surface area contributed by atoms with Crippen LogP contribution in [0.5, 0.6) is 0 Å². The van der Waals surface area contributed by atoms with Gasteiger partial charge in [0, 0.05) is 34.9 Å². The summed E-state index contributed by atoms with van der Waals surface area (Å²) in [5.74, 6) is 0.461. The molecule has 0 aliphatic heterocycles. The molecule has 130 valence electrons. The Kier molecular flexibility index (Phi) is 3.26. The molecule has 26 heavy (non-hydrogen) atoms. The SMILES string of the molecule is Cc1c(-c2cc3cc(F)ccc3n2CC2CC2)nc2cc(C=O)ccn12. The van der Waals surface area contributed by atoms with Gasteiger partial charge in [0.15, 0.2) is 0 Å². The Morgan fingerprint density at radius 2 is 2.08 bits per heavy atom. The predicted octanol–water partition coefficient (Wildman–Crippen LogP) is 4.63. The van der Waals surface area contributed by atoms with E-state index in [0.717, 1.165) is 46.5 Å². The first-order valence-corrected chi connectivity index (χ1v) is 8.87. The lowest BCUT2D eigenvalue weighted by Gasteiger charge is -2.09. The van der Waals surface area contributed by atoms with Gasteiger partial charge >= 0.3 is 0 Å². The van der Waals surface area contributed by atoms with Crippen molar-refractivity contribution in [3.8, 4) is 11.4 Å². The minimum atomic E-state index is -0.227. The average molecular weight is 347 g/mol. The van der Waals surface area contributed by atoms with E-state index in [1.54, 1.807) is 18.2 Å². The molecular formula is C21H18FN3O. The third kappa shape index (κ3) is 2.35. The zero-order valence-corrected chi connectivity index (χ0v) is 14.4. The molecule has 0 amide bonds. The van der Waals surface area contributed by atoms with Gasteiger partial charge in [-0.15, -0.1) is 0 Å². The molecule has 5 rings (SSSR count). The van der Waals surface area contributed by atoms with Crippen molar-refractivity contribution in [3.05, 3.63) is 59.7 Å². The summed E-state index contributed by atoms with van der Waals surface area (Å²) in [6.45, 7) is 2.95. The quantitative estimate of drug-likeness (QED) is 0.505. The number of halogens is 1. The molecule has 1 fully saturated rings. The second kappa shape index (κ2) is 5.53. The zero-order valence-electron chi connectivity index (χ0n) is 14.4. The molecule has 4 nitrogen and oxygen atoms in total. The smallest absolute Gasteiger partial charge is 0.150 e. The van der Waals surface area contributed by atoms with Crippen LogP contribution in [0.3, 0.4) is 0 Å². The number of carbonyl (C=O) groups is 1. The van der Waals surface area contributed by atoms with E-state index in [-0.39, 0.29) is 5.82 Å². The first-order chi connectivity index (χ1) is 12.6. The number of nitrogens with zero attached hydrogens (tertiary/aromatic N) is 3. The van der Waals surface area contributed by atoms with E-state index in [1.807, 2.05) is 29.7 Å². The Morgan fingerprint density at radius 1 is 1.23 bits per heavy atom. The van der Waals surface area contributed by atoms with Gasteiger partial charge in [0.05, 0.1) is 5.69 Å². The Labute approximate surface area is 149 Å². The number of aromatic nitrogens is 3. The van der Waals surface area contributed by atoms with Crippen molar-refractivity contribution in [1.29, 1.82) is 0 Å². The van der Waals surface area contributed by atoms with Gasteiger partial charge in [-0.1, -0.05) is 0 Å². The van der Waals surface area contributed by atoms with Crippen molar-refractivity contribution in [3.63, 3.8) is 0 Å². The van der Waals surface area contributed by atoms with Crippen LogP contribution in [0.1, 0.15) is 28.9 Å².